The van der Waals surface area contributed by atoms with Gasteiger partial charge in [-0.3, -0.25) is 0 Å². The van der Waals surface area contributed by atoms with E-state index in [0.717, 1.165) is 55.3 Å². The number of aromatic nitrogens is 3. The van der Waals surface area contributed by atoms with Crippen molar-refractivity contribution in [2.75, 3.05) is 0 Å². The summed E-state index contributed by atoms with van der Waals surface area (Å²) in [4.78, 5) is 15.1. The van der Waals surface area contributed by atoms with E-state index in [1.807, 2.05) is 59.9 Å². The lowest BCUT2D eigenvalue weighted by molar-refractivity contribution is 0.669. The molecule has 0 aliphatic carbocycles. The van der Waals surface area contributed by atoms with Crippen LogP contribution in [-0.2, 0) is 0 Å². The van der Waals surface area contributed by atoms with Crippen molar-refractivity contribution in [3.63, 3.8) is 0 Å². The molecule has 0 aliphatic heterocycles. The van der Waals surface area contributed by atoms with E-state index in [-0.39, 0.29) is 0 Å². The molecular weight excluding hydrogens is 631 g/mol. The van der Waals surface area contributed by atoms with E-state index in [1.54, 1.807) is 0 Å². The fourth-order valence-electron chi connectivity index (χ4n) is 6.97. The van der Waals surface area contributed by atoms with Gasteiger partial charge in [0.1, 0.15) is 11.2 Å². The van der Waals surface area contributed by atoms with Crippen LogP contribution in [0.3, 0.4) is 0 Å². The SMILES string of the molecule is c1ccc(-c2cccc(-c3nc(-c4ccccc4)nc(-c4ccc5oc6cccc(-c7cccc8c7sc7ccccc78)c6c5c4)n3)c2)cc1. The molecule has 3 heterocycles. The van der Waals surface area contributed by atoms with Crippen LogP contribution in [0.1, 0.15) is 0 Å². The maximum absolute atomic E-state index is 6.47. The van der Waals surface area contributed by atoms with Gasteiger partial charge in [-0.15, -0.1) is 11.3 Å². The van der Waals surface area contributed by atoms with Gasteiger partial charge in [-0.05, 0) is 53.1 Å². The van der Waals surface area contributed by atoms with Gasteiger partial charge in [-0.25, -0.2) is 15.0 Å². The van der Waals surface area contributed by atoms with Crippen molar-refractivity contribution in [3.8, 4) is 56.4 Å². The van der Waals surface area contributed by atoms with Gasteiger partial charge in [0, 0.05) is 53.2 Å². The van der Waals surface area contributed by atoms with Crippen LogP contribution in [0.25, 0.3) is 98.5 Å². The molecule has 0 saturated carbocycles. The predicted octanol–water partition coefficient (Wildman–Crippen LogP) is 12.5. The topological polar surface area (TPSA) is 51.8 Å². The molecule has 0 amide bonds. The summed E-state index contributed by atoms with van der Waals surface area (Å²) in [7, 11) is 0. The molecule has 0 atom stereocenters. The number of furan rings is 1. The molecule has 0 radical (unpaired) electrons. The Labute approximate surface area is 292 Å². The quantitative estimate of drug-likeness (QED) is 0.185. The third kappa shape index (κ3) is 4.79. The van der Waals surface area contributed by atoms with Gasteiger partial charge in [0.05, 0.1) is 0 Å². The summed E-state index contributed by atoms with van der Waals surface area (Å²) < 4.78 is 9.03. The lowest BCUT2D eigenvalue weighted by atomic mass is 9.97. The first-order chi connectivity index (χ1) is 24.8. The van der Waals surface area contributed by atoms with E-state index in [1.165, 1.54) is 25.7 Å². The van der Waals surface area contributed by atoms with Crippen LogP contribution in [0.5, 0.6) is 0 Å². The van der Waals surface area contributed by atoms with Gasteiger partial charge in [0.25, 0.3) is 0 Å². The summed E-state index contributed by atoms with van der Waals surface area (Å²) in [5, 5.41) is 4.68. The lowest BCUT2D eigenvalue weighted by Gasteiger charge is -2.10. The summed E-state index contributed by atoms with van der Waals surface area (Å²) in [6.45, 7) is 0. The Bertz CT molecular complexity index is 2870. The first-order valence-electron chi connectivity index (χ1n) is 16.6. The largest absolute Gasteiger partial charge is 0.456 e. The fraction of sp³-hybridized carbons (Fsp3) is 0. The third-order valence-corrected chi connectivity index (χ3v) is 10.6. The summed E-state index contributed by atoms with van der Waals surface area (Å²) in [6.07, 6.45) is 0. The Hall–Kier alpha value is -6.43. The second-order valence-electron chi connectivity index (χ2n) is 12.4. The molecule has 0 bridgehead atoms. The predicted molar refractivity (Wildman–Crippen MR) is 207 cm³/mol. The van der Waals surface area contributed by atoms with E-state index < -0.39 is 0 Å². The number of rotatable bonds is 5. The van der Waals surface area contributed by atoms with Gasteiger partial charge in [-0.2, -0.15) is 0 Å². The van der Waals surface area contributed by atoms with Crippen molar-refractivity contribution < 1.29 is 4.42 Å². The zero-order valence-electron chi connectivity index (χ0n) is 26.7. The maximum Gasteiger partial charge on any atom is 0.164 e. The van der Waals surface area contributed by atoms with Crippen molar-refractivity contribution >= 4 is 53.4 Å². The second kappa shape index (κ2) is 11.6. The Morgan fingerprint density at radius 1 is 0.380 bits per heavy atom. The molecule has 0 unspecified atom stereocenters. The minimum absolute atomic E-state index is 0.610. The molecule has 0 aliphatic rings. The number of fused-ring (bicyclic) bond motifs is 6. The highest BCUT2D eigenvalue weighted by atomic mass is 32.1. The van der Waals surface area contributed by atoms with Crippen molar-refractivity contribution in [3.05, 3.63) is 164 Å². The molecule has 3 aromatic heterocycles. The molecule has 0 fully saturated rings. The van der Waals surface area contributed by atoms with Crippen LogP contribution >= 0.6 is 11.3 Å². The van der Waals surface area contributed by atoms with Crippen molar-refractivity contribution in [1.29, 1.82) is 0 Å². The molecule has 7 aromatic carbocycles. The van der Waals surface area contributed by atoms with E-state index in [4.69, 9.17) is 19.4 Å². The average Bonchev–Trinajstić information content (AvgIpc) is 3.77. The van der Waals surface area contributed by atoms with E-state index in [9.17, 15) is 0 Å². The molecular formula is C45H27N3OS. The highest BCUT2D eigenvalue weighted by Gasteiger charge is 2.19. The summed E-state index contributed by atoms with van der Waals surface area (Å²) in [5.74, 6) is 1.87. The Kier molecular flexibility index (Phi) is 6.64. The van der Waals surface area contributed by atoms with Gasteiger partial charge < -0.3 is 4.42 Å². The van der Waals surface area contributed by atoms with Crippen molar-refractivity contribution in [2.24, 2.45) is 0 Å². The van der Waals surface area contributed by atoms with Crippen LogP contribution in [0.15, 0.2) is 168 Å². The second-order valence-corrected chi connectivity index (χ2v) is 13.4. The molecule has 234 valence electrons. The molecule has 10 rings (SSSR count). The van der Waals surface area contributed by atoms with Gasteiger partial charge in [-0.1, -0.05) is 127 Å². The standard InChI is InChI=1S/C45H27N3OS/c1-3-12-28(13-4-1)30-16-9-17-31(26-30)44-46-43(29-14-5-2-6-15-29)47-45(48-44)32-24-25-38-37(27-32)41-34(19-11-22-39(41)49-38)36-21-10-20-35-33-18-7-8-23-40(33)50-42(35)36/h1-27H. The van der Waals surface area contributed by atoms with Crippen LogP contribution < -0.4 is 0 Å². The number of nitrogens with zero attached hydrogens (tertiary/aromatic N) is 3. The smallest absolute Gasteiger partial charge is 0.164 e. The highest BCUT2D eigenvalue weighted by molar-refractivity contribution is 7.26. The van der Waals surface area contributed by atoms with Crippen molar-refractivity contribution in [2.45, 2.75) is 0 Å². The molecule has 0 N–H and O–H groups in total. The number of benzene rings is 7. The normalized spacial score (nSPS) is 11.6. The maximum atomic E-state index is 6.47. The summed E-state index contributed by atoms with van der Waals surface area (Å²) in [6, 6.07) is 56.7. The Balaban J connectivity index is 1.17. The number of hydrogen-bond donors (Lipinski definition) is 0. The van der Waals surface area contributed by atoms with Gasteiger partial charge in [0.15, 0.2) is 17.5 Å². The number of thiophene rings is 1. The molecule has 0 saturated heterocycles. The molecule has 50 heavy (non-hydrogen) atoms. The molecule has 5 heteroatoms. The monoisotopic (exact) mass is 657 g/mol. The van der Waals surface area contributed by atoms with E-state index in [2.05, 4.69) is 115 Å². The zero-order valence-corrected chi connectivity index (χ0v) is 27.6. The third-order valence-electron chi connectivity index (χ3n) is 9.34. The van der Waals surface area contributed by atoms with Crippen LogP contribution in [0.2, 0.25) is 0 Å². The lowest BCUT2D eigenvalue weighted by Crippen LogP contribution is -2.00. The first-order valence-corrected chi connectivity index (χ1v) is 17.4. The van der Waals surface area contributed by atoms with Crippen LogP contribution in [-0.4, -0.2) is 15.0 Å². The number of hydrogen-bond acceptors (Lipinski definition) is 5. The van der Waals surface area contributed by atoms with Gasteiger partial charge in [0.2, 0.25) is 0 Å². The van der Waals surface area contributed by atoms with E-state index >= 15 is 0 Å². The minimum atomic E-state index is 0.610. The molecule has 4 nitrogen and oxygen atoms in total. The fourth-order valence-corrected chi connectivity index (χ4v) is 8.20. The van der Waals surface area contributed by atoms with Crippen molar-refractivity contribution in [1.82, 2.24) is 15.0 Å². The van der Waals surface area contributed by atoms with Crippen LogP contribution in [0, 0.1) is 0 Å². The van der Waals surface area contributed by atoms with Gasteiger partial charge >= 0.3 is 0 Å². The van der Waals surface area contributed by atoms with E-state index in [0.29, 0.717) is 17.5 Å². The van der Waals surface area contributed by atoms with Crippen LogP contribution in [0.4, 0.5) is 0 Å². The summed E-state index contributed by atoms with van der Waals surface area (Å²) >= 11 is 1.84. The minimum Gasteiger partial charge on any atom is -0.456 e. The zero-order chi connectivity index (χ0) is 33.0. The Morgan fingerprint density at radius 3 is 1.80 bits per heavy atom. The average molecular weight is 658 g/mol. The first kappa shape index (κ1) is 28.6. The molecule has 10 aromatic rings. The Morgan fingerprint density at radius 2 is 0.980 bits per heavy atom. The highest BCUT2D eigenvalue weighted by Crippen LogP contribution is 2.44. The molecule has 0 spiro atoms. The summed E-state index contributed by atoms with van der Waals surface area (Å²) in [5.41, 5.74) is 9.05.